The van der Waals surface area contributed by atoms with Crippen LogP contribution in [0.1, 0.15) is 44.2 Å². The molecular formula is C31H33N3O. The van der Waals surface area contributed by atoms with E-state index in [0.29, 0.717) is 6.42 Å². The van der Waals surface area contributed by atoms with Crippen molar-refractivity contribution >= 4 is 5.91 Å². The molecule has 4 aromatic rings. The van der Waals surface area contributed by atoms with Crippen LogP contribution in [0.3, 0.4) is 0 Å². The van der Waals surface area contributed by atoms with Crippen LogP contribution in [0.4, 0.5) is 0 Å². The molecular weight excluding hydrogens is 430 g/mol. The van der Waals surface area contributed by atoms with Gasteiger partial charge in [0, 0.05) is 24.1 Å². The Bertz CT molecular complexity index is 1230. The number of carbonyl (C=O) groups is 1. The molecule has 4 heteroatoms. The highest BCUT2D eigenvalue weighted by Gasteiger charge is 2.33. The van der Waals surface area contributed by atoms with Gasteiger partial charge in [0.2, 0.25) is 5.91 Å². The minimum atomic E-state index is 0.121. The van der Waals surface area contributed by atoms with E-state index in [1.165, 1.54) is 5.56 Å². The van der Waals surface area contributed by atoms with Crippen LogP contribution in [0.15, 0.2) is 97.3 Å². The molecule has 1 fully saturated rings. The van der Waals surface area contributed by atoms with E-state index in [9.17, 15) is 4.79 Å². The minimum Gasteiger partial charge on any atom is -0.338 e. The van der Waals surface area contributed by atoms with Gasteiger partial charge in [0.1, 0.15) is 0 Å². The maximum absolute atomic E-state index is 13.4. The molecule has 2 atom stereocenters. The highest BCUT2D eigenvalue weighted by Crippen LogP contribution is 2.36. The summed E-state index contributed by atoms with van der Waals surface area (Å²) in [5.41, 5.74) is 5.58. The Kier molecular flexibility index (Phi) is 7.08. The van der Waals surface area contributed by atoms with Crippen molar-refractivity contribution in [1.82, 2.24) is 14.5 Å². The molecule has 0 aliphatic carbocycles. The summed E-state index contributed by atoms with van der Waals surface area (Å²) in [4.78, 5) is 20.4. The van der Waals surface area contributed by atoms with Crippen molar-refractivity contribution in [3.63, 3.8) is 0 Å². The van der Waals surface area contributed by atoms with Crippen LogP contribution in [-0.4, -0.2) is 32.9 Å². The van der Waals surface area contributed by atoms with Gasteiger partial charge in [0.05, 0.1) is 29.8 Å². The first-order valence-corrected chi connectivity index (χ1v) is 12.7. The SMILES string of the molecule is CC(C1CCCCN1C(=O)CCc1ccccc1)n1cnc(-c2ccccc2)c1-c1ccccc1. The number of nitrogens with zero attached hydrogens (tertiary/aromatic N) is 3. The third-order valence-corrected chi connectivity index (χ3v) is 7.22. The Labute approximate surface area is 208 Å². The van der Waals surface area contributed by atoms with E-state index in [2.05, 4.69) is 77.1 Å². The fourth-order valence-electron chi connectivity index (χ4n) is 5.35. The Morgan fingerprint density at radius 2 is 1.51 bits per heavy atom. The monoisotopic (exact) mass is 463 g/mol. The first-order chi connectivity index (χ1) is 17.2. The van der Waals surface area contributed by atoms with Crippen LogP contribution < -0.4 is 0 Å². The van der Waals surface area contributed by atoms with Crippen molar-refractivity contribution in [3.05, 3.63) is 103 Å². The number of hydrogen-bond acceptors (Lipinski definition) is 2. The van der Waals surface area contributed by atoms with Crippen LogP contribution in [0.5, 0.6) is 0 Å². The summed E-state index contributed by atoms with van der Waals surface area (Å²) in [6, 6.07) is 31.5. The van der Waals surface area contributed by atoms with Crippen molar-refractivity contribution in [3.8, 4) is 22.5 Å². The molecule has 0 bridgehead atoms. The summed E-state index contributed by atoms with van der Waals surface area (Å²) in [7, 11) is 0. The molecule has 4 nitrogen and oxygen atoms in total. The van der Waals surface area contributed by atoms with Gasteiger partial charge < -0.3 is 9.47 Å². The van der Waals surface area contributed by atoms with E-state index in [0.717, 1.165) is 54.7 Å². The average Bonchev–Trinajstić information content (AvgIpc) is 3.38. The Hall–Kier alpha value is -3.66. The number of likely N-dealkylation sites (tertiary alicyclic amines) is 1. The van der Waals surface area contributed by atoms with Crippen LogP contribution in [-0.2, 0) is 11.2 Å². The smallest absolute Gasteiger partial charge is 0.223 e. The van der Waals surface area contributed by atoms with Crippen molar-refractivity contribution in [2.24, 2.45) is 0 Å². The highest BCUT2D eigenvalue weighted by molar-refractivity contribution is 5.79. The summed E-state index contributed by atoms with van der Waals surface area (Å²) in [5.74, 6) is 0.259. The van der Waals surface area contributed by atoms with Gasteiger partial charge in [-0.2, -0.15) is 0 Å². The molecule has 178 valence electrons. The first kappa shape index (κ1) is 23.1. The van der Waals surface area contributed by atoms with Gasteiger partial charge >= 0.3 is 0 Å². The number of hydrogen-bond donors (Lipinski definition) is 0. The number of piperidine rings is 1. The molecule has 1 aliphatic heterocycles. The molecule has 2 heterocycles. The maximum Gasteiger partial charge on any atom is 0.223 e. The fourth-order valence-corrected chi connectivity index (χ4v) is 5.35. The van der Waals surface area contributed by atoms with E-state index in [1.54, 1.807) is 0 Å². The maximum atomic E-state index is 13.4. The van der Waals surface area contributed by atoms with E-state index in [-0.39, 0.29) is 18.0 Å². The normalized spacial score (nSPS) is 16.7. The van der Waals surface area contributed by atoms with Crippen LogP contribution >= 0.6 is 0 Å². The molecule has 1 aromatic heterocycles. The molecule has 3 aromatic carbocycles. The zero-order valence-electron chi connectivity index (χ0n) is 20.4. The van der Waals surface area contributed by atoms with Gasteiger partial charge in [-0.15, -0.1) is 0 Å². The zero-order chi connectivity index (χ0) is 24.0. The van der Waals surface area contributed by atoms with Gasteiger partial charge in [0.15, 0.2) is 0 Å². The summed E-state index contributed by atoms with van der Waals surface area (Å²) in [6.45, 7) is 3.08. The largest absolute Gasteiger partial charge is 0.338 e. The van der Waals surface area contributed by atoms with E-state index >= 15 is 0 Å². The molecule has 1 aliphatic rings. The average molecular weight is 464 g/mol. The predicted octanol–water partition coefficient (Wildman–Crippen LogP) is 6.79. The third-order valence-electron chi connectivity index (χ3n) is 7.22. The van der Waals surface area contributed by atoms with Crippen LogP contribution in [0.2, 0.25) is 0 Å². The zero-order valence-corrected chi connectivity index (χ0v) is 20.4. The summed E-state index contributed by atoms with van der Waals surface area (Å²) < 4.78 is 2.30. The first-order valence-electron chi connectivity index (χ1n) is 12.7. The van der Waals surface area contributed by atoms with Crippen molar-refractivity contribution in [1.29, 1.82) is 0 Å². The van der Waals surface area contributed by atoms with E-state index in [1.807, 2.05) is 36.7 Å². The molecule has 5 rings (SSSR count). The third kappa shape index (κ3) is 5.07. The van der Waals surface area contributed by atoms with Crippen molar-refractivity contribution < 1.29 is 4.79 Å². The number of aryl methyl sites for hydroxylation is 1. The lowest BCUT2D eigenvalue weighted by atomic mass is 9.94. The Morgan fingerprint density at radius 3 is 2.20 bits per heavy atom. The van der Waals surface area contributed by atoms with Gasteiger partial charge in [-0.3, -0.25) is 4.79 Å². The number of aromatic nitrogens is 2. The van der Waals surface area contributed by atoms with Gasteiger partial charge in [-0.25, -0.2) is 4.98 Å². The molecule has 0 saturated carbocycles. The summed E-state index contributed by atoms with van der Waals surface area (Å²) in [5, 5.41) is 0. The van der Waals surface area contributed by atoms with Crippen LogP contribution in [0, 0.1) is 0 Å². The lowest BCUT2D eigenvalue weighted by Gasteiger charge is -2.40. The van der Waals surface area contributed by atoms with Crippen molar-refractivity contribution in [2.75, 3.05) is 6.54 Å². The highest BCUT2D eigenvalue weighted by atomic mass is 16.2. The van der Waals surface area contributed by atoms with Gasteiger partial charge in [-0.1, -0.05) is 91.0 Å². The van der Waals surface area contributed by atoms with Gasteiger partial charge in [-0.05, 0) is 38.2 Å². The number of benzene rings is 3. The number of imidazole rings is 1. The predicted molar refractivity (Wildman–Crippen MR) is 142 cm³/mol. The standard InChI is InChI=1S/C31H33N3O/c1-24(28-19-11-12-22-33(28)29(35)21-20-25-13-5-2-6-14-25)34-23-32-30(26-15-7-3-8-16-26)31(34)27-17-9-4-10-18-27/h2-10,13-18,23-24,28H,11-12,19-22H2,1H3. The molecule has 0 radical (unpaired) electrons. The molecule has 0 N–H and O–H groups in total. The Morgan fingerprint density at radius 1 is 0.886 bits per heavy atom. The fraction of sp³-hybridized carbons (Fsp3) is 0.290. The molecule has 1 amide bonds. The molecule has 2 unspecified atom stereocenters. The minimum absolute atomic E-state index is 0.121. The van der Waals surface area contributed by atoms with Gasteiger partial charge in [0.25, 0.3) is 0 Å². The molecule has 0 spiro atoms. The second kappa shape index (κ2) is 10.7. The summed E-state index contributed by atoms with van der Waals surface area (Å²) in [6.07, 6.45) is 6.55. The topological polar surface area (TPSA) is 38.1 Å². The second-order valence-corrected chi connectivity index (χ2v) is 9.46. The molecule has 1 saturated heterocycles. The number of amides is 1. The van der Waals surface area contributed by atoms with E-state index < -0.39 is 0 Å². The molecule has 35 heavy (non-hydrogen) atoms. The number of carbonyl (C=O) groups excluding carboxylic acids is 1. The summed E-state index contributed by atoms with van der Waals surface area (Å²) >= 11 is 0. The van der Waals surface area contributed by atoms with Crippen LogP contribution in [0.25, 0.3) is 22.5 Å². The number of rotatable bonds is 7. The Balaban J connectivity index is 1.45. The lowest BCUT2D eigenvalue weighted by Crippen LogP contribution is -2.47. The second-order valence-electron chi connectivity index (χ2n) is 9.46. The van der Waals surface area contributed by atoms with E-state index in [4.69, 9.17) is 4.98 Å². The lowest BCUT2D eigenvalue weighted by molar-refractivity contribution is -0.135. The quantitative estimate of drug-likeness (QED) is 0.303. The van der Waals surface area contributed by atoms with Crippen molar-refractivity contribution in [2.45, 2.75) is 51.1 Å².